The van der Waals surface area contributed by atoms with Crippen LogP contribution in [0.15, 0.2) is 36.3 Å². The molecule has 0 saturated carbocycles. The van der Waals surface area contributed by atoms with E-state index in [1.165, 1.54) is 6.92 Å². The highest BCUT2D eigenvalue weighted by Gasteiger charge is 2.30. The Labute approximate surface area is 191 Å². The molecule has 170 valence electrons. The Morgan fingerprint density at radius 1 is 1.36 bits per heavy atom. The van der Waals surface area contributed by atoms with Crippen molar-refractivity contribution in [3.8, 4) is 6.07 Å². The smallest absolute Gasteiger partial charge is 0.257 e. The lowest BCUT2D eigenvalue weighted by Crippen LogP contribution is -2.49. The number of carbonyl (C=O) groups is 2. The van der Waals surface area contributed by atoms with Gasteiger partial charge in [0.15, 0.2) is 6.10 Å². The molecule has 2 aromatic rings. The van der Waals surface area contributed by atoms with Gasteiger partial charge in [-0.3, -0.25) is 14.9 Å². The number of rotatable bonds is 4. The molecule has 0 aliphatic carbocycles. The summed E-state index contributed by atoms with van der Waals surface area (Å²) in [5.41, 5.74) is 3.35. The van der Waals surface area contributed by atoms with E-state index in [1.807, 2.05) is 43.0 Å². The van der Waals surface area contributed by atoms with Gasteiger partial charge in [0.1, 0.15) is 17.5 Å². The predicted molar refractivity (Wildman–Crippen MR) is 123 cm³/mol. The van der Waals surface area contributed by atoms with Gasteiger partial charge in [-0.15, -0.1) is 0 Å². The highest BCUT2D eigenvalue weighted by Crippen LogP contribution is 2.38. The zero-order valence-electron chi connectivity index (χ0n) is 18.8. The molecule has 1 saturated heterocycles. The number of allylic oxidation sites excluding steroid dienone is 1. The Kier molecular flexibility index (Phi) is 6.24. The van der Waals surface area contributed by atoms with Gasteiger partial charge in [-0.2, -0.15) is 5.26 Å². The molecular formula is C23H25N7O3. The molecule has 10 nitrogen and oxygen atoms in total. The molecule has 0 bridgehead atoms. The van der Waals surface area contributed by atoms with Crippen molar-refractivity contribution >= 4 is 34.7 Å². The van der Waals surface area contributed by atoms with Crippen LogP contribution in [0.25, 0.3) is 5.57 Å². The number of nitrogens with one attached hydrogen (secondary N) is 2. The maximum absolute atomic E-state index is 12.7. The summed E-state index contributed by atoms with van der Waals surface area (Å²) in [5.74, 6) is 0.147. The summed E-state index contributed by atoms with van der Waals surface area (Å²) in [6.07, 6.45) is 0.754. The summed E-state index contributed by atoms with van der Waals surface area (Å²) >= 11 is 0. The molecule has 2 N–H and O–H groups in total. The maximum Gasteiger partial charge on any atom is 0.257 e. The van der Waals surface area contributed by atoms with Gasteiger partial charge < -0.3 is 19.9 Å². The van der Waals surface area contributed by atoms with Gasteiger partial charge in [-0.1, -0.05) is 12.1 Å². The normalized spacial score (nSPS) is 18.8. The predicted octanol–water partition coefficient (Wildman–Crippen LogP) is 2.11. The van der Waals surface area contributed by atoms with Gasteiger partial charge in [0.25, 0.3) is 5.91 Å². The van der Waals surface area contributed by atoms with Crippen LogP contribution >= 0.6 is 0 Å². The second-order valence-electron chi connectivity index (χ2n) is 7.76. The molecule has 10 heteroatoms. The van der Waals surface area contributed by atoms with Crippen molar-refractivity contribution in [1.82, 2.24) is 14.9 Å². The average Bonchev–Trinajstić information content (AvgIpc) is 3.19. The number of amides is 2. The summed E-state index contributed by atoms with van der Waals surface area (Å²) in [5, 5.41) is 16.0. The molecule has 1 aromatic heterocycles. The van der Waals surface area contributed by atoms with Crippen molar-refractivity contribution in [2.45, 2.75) is 26.9 Å². The third kappa shape index (κ3) is 4.36. The van der Waals surface area contributed by atoms with Gasteiger partial charge >= 0.3 is 0 Å². The maximum atomic E-state index is 12.7. The molecule has 33 heavy (non-hydrogen) atoms. The number of para-hydroxylation sites is 2. The van der Waals surface area contributed by atoms with E-state index in [-0.39, 0.29) is 25.0 Å². The number of ether oxygens (including phenoxy) is 1. The zero-order chi connectivity index (χ0) is 23.5. The van der Waals surface area contributed by atoms with Gasteiger partial charge in [-0.05, 0) is 31.5 Å². The van der Waals surface area contributed by atoms with E-state index in [9.17, 15) is 14.9 Å². The molecule has 1 atom stereocenters. The molecule has 2 amide bonds. The Balaban J connectivity index is 1.62. The molecule has 1 unspecified atom stereocenters. The van der Waals surface area contributed by atoms with Crippen LogP contribution in [0, 0.1) is 18.3 Å². The fraction of sp³-hybridized carbons (Fsp3) is 0.348. The Hall–Kier alpha value is -3.97. The van der Waals surface area contributed by atoms with Gasteiger partial charge in [-0.25, -0.2) is 9.97 Å². The van der Waals surface area contributed by atoms with E-state index in [1.54, 1.807) is 11.1 Å². The van der Waals surface area contributed by atoms with Crippen molar-refractivity contribution in [1.29, 1.82) is 5.26 Å². The molecule has 2 aliphatic heterocycles. The Bertz CT molecular complexity index is 1170. The summed E-state index contributed by atoms with van der Waals surface area (Å²) < 4.78 is 5.52. The minimum atomic E-state index is -0.814. The molecule has 0 spiro atoms. The first-order chi connectivity index (χ1) is 15.9. The molecular weight excluding hydrogens is 422 g/mol. The van der Waals surface area contributed by atoms with E-state index in [0.717, 1.165) is 11.4 Å². The monoisotopic (exact) mass is 447 g/mol. The number of carbonyl (C=O) groups excluding carboxylic acids is 2. The second kappa shape index (κ2) is 9.26. The van der Waals surface area contributed by atoms with Crippen LogP contribution in [0.3, 0.4) is 0 Å². The lowest BCUT2D eigenvalue weighted by Gasteiger charge is -2.31. The van der Waals surface area contributed by atoms with Gasteiger partial charge in [0, 0.05) is 26.2 Å². The third-order valence-corrected chi connectivity index (χ3v) is 5.63. The number of anilines is 3. The van der Waals surface area contributed by atoms with E-state index in [2.05, 4.69) is 26.7 Å². The molecule has 3 heterocycles. The first-order valence-electron chi connectivity index (χ1n) is 10.7. The van der Waals surface area contributed by atoms with Crippen LogP contribution in [0.1, 0.15) is 25.1 Å². The highest BCUT2D eigenvalue weighted by atomic mass is 16.5. The van der Waals surface area contributed by atoms with Gasteiger partial charge in [0.2, 0.25) is 11.9 Å². The number of nitrogens with zero attached hydrogens (tertiary/aromatic N) is 5. The van der Waals surface area contributed by atoms with Crippen molar-refractivity contribution in [3.05, 3.63) is 47.5 Å². The van der Waals surface area contributed by atoms with Crippen LogP contribution in [-0.4, -0.2) is 59.0 Å². The average molecular weight is 447 g/mol. The summed E-state index contributed by atoms with van der Waals surface area (Å²) in [6, 6.07) is 10.1. The molecule has 0 radical (unpaired) electrons. The Morgan fingerprint density at radius 2 is 2.15 bits per heavy atom. The number of morpholine rings is 1. The summed E-state index contributed by atoms with van der Waals surface area (Å²) in [7, 11) is 0. The van der Waals surface area contributed by atoms with Crippen LogP contribution in [0.2, 0.25) is 0 Å². The van der Waals surface area contributed by atoms with E-state index < -0.39 is 12.0 Å². The number of fused-ring (bicyclic) bond motifs is 1. The SMILES string of the molecule is CCN1/C(=C(\C#N)c2nc(NC(=O)C3CN(C(C)=O)CCO3)ncc2C)Nc2ccccc21. The molecule has 2 aliphatic rings. The number of hydrogen-bond acceptors (Lipinski definition) is 8. The minimum absolute atomic E-state index is 0.0658. The number of benzene rings is 1. The number of aromatic nitrogens is 2. The third-order valence-electron chi connectivity index (χ3n) is 5.63. The fourth-order valence-corrected chi connectivity index (χ4v) is 3.91. The van der Waals surface area contributed by atoms with Crippen LogP contribution < -0.4 is 15.5 Å². The quantitative estimate of drug-likeness (QED) is 0.683. The highest BCUT2D eigenvalue weighted by molar-refractivity contribution is 5.94. The van der Waals surface area contributed by atoms with Crippen LogP contribution in [-0.2, 0) is 14.3 Å². The van der Waals surface area contributed by atoms with Crippen molar-refractivity contribution in [3.63, 3.8) is 0 Å². The molecule has 1 aromatic carbocycles. The van der Waals surface area contributed by atoms with E-state index in [4.69, 9.17) is 4.74 Å². The lowest BCUT2D eigenvalue weighted by atomic mass is 10.1. The standard InChI is InChI=1S/C23H25N7O3/c1-4-30-18-8-6-5-7-17(18)26-21(30)16(11-24)20-14(2)12-25-23(27-20)28-22(32)19-13-29(15(3)31)9-10-33-19/h5-8,12,19,26H,4,9-10,13H2,1-3H3,(H,25,27,28,32)/b21-16+. The Morgan fingerprint density at radius 3 is 2.88 bits per heavy atom. The molecule has 1 fully saturated rings. The van der Waals surface area contributed by atoms with Crippen molar-refractivity contribution in [2.75, 3.05) is 41.8 Å². The number of nitriles is 1. The van der Waals surface area contributed by atoms with Crippen LogP contribution in [0.4, 0.5) is 17.3 Å². The largest absolute Gasteiger partial charge is 0.365 e. The summed E-state index contributed by atoms with van der Waals surface area (Å²) in [6.45, 7) is 6.83. The van der Waals surface area contributed by atoms with Crippen LogP contribution in [0.5, 0.6) is 0 Å². The van der Waals surface area contributed by atoms with E-state index >= 15 is 0 Å². The number of hydrogen-bond donors (Lipinski definition) is 2. The van der Waals surface area contributed by atoms with Gasteiger partial charge in [0.05, 0.1) is 30.2 Å². The number of aryl methyl sites for hydroxylation is 1. The summed E-state index contributed by atoms with van der Waals surface area (Å²) in [4.78, 5) is 36.6. The first-order valence-corrected chi connectivity index (χ1v) is 10.7. The second-order valence-corrected chi connectivity index (χ2v) is 7.76. The topological polar surface area (TPSA) is 123 Å². The fourth-order valence-electron chi connectivity index (χ4n) is 3.91. The molecule has 4 rings (SSSR count). The lowest BCUT2D eigenvalue weighted by molar-refractivity contribution is -0.143. The minimum Gasteiger partial charge on any atom is -0.365 e. The van der Waals surface area contributed by atoms with E-state index in [0.29, 0.717) is 35.7 Å². The van der Waals surface area contributed by atoms with Crippen molar-refractivity contribution < 1.29 is 14.3 Å². The zero-order valence-corrected chi connectivity index (χ0v) is 18.8. The first kappa shape index (κ1) is 22.2. The van der Waals surface area contributed by atoms with Crippen molar-refractivity contribution in [2.24, 2.45) is 0 Å².